The van der Waals surface area contributed by atoms with Gasteiger partial charge in [0.2, 0.25) is 0 Å². The summed E-state index contributed by atoms with van der Waals surface area (Å²) < 4.78 is 13.3. The number of unbranched alkanes of at least 4 members (excludes halogenated alkanes) is 9. The zero-order valence-corrected chi connectivity index (χ0v) is 12.4. The molecule has 1 heteroatoms. The van der Waals surface area contributed by atoms with Gasteiger partial charge in [0, 0.05) is 0 Å². The van der Waals surface area contributed by atoms with Crippen molar-refractivity contribution >= 4 is 0 Å². The lowest BCUT2D eigenvalue weighted by atomic mass is 10.0. The van der Waals surface area contributed by atoms with Gasteiger partial charge in [-0.2, -0.15) is 0 Å². The van der Waals surface area contributed by atoms with Gasteiger partial charge >= 0.3 is 0 Å². The summed E-state index contributed by atoms with van der Waals surface area (Å²) >= 11 is 0. The number of rotatable bonds is 11. The molecule has 0 aliphatic heterocycles. The maximum absolute atomic E-state index is 13.3. The maximum Gasteiger partial charge on any atom is 0.127 e. The summed E-state index contributed by atoms with van der Waals surface area (Å²) in [5.74, 6) is -0.0987. The van der Waals surface area contributed by atoms with Gasteiger partial charge in [-0.25, -0.2) is 4.39 Å². The molecule has 1 aromatic carbocycles. The maximum atomic E-state index is 13.3. The highest BCUT2D eigenvalue weighted by atomic mass is 19.1. The summed E-state index contributed by atoms with van der Waals surface area (Å²) in [6.45, 7) is 2.26. The molecule has 0 bridgehead atoms. The fraction of sp³-hybridized carbons (Fsp3) is 0.667. The van der Waals surface area contributed by atoms with Crippen LogP contribution in [0, 0.1) is 11.9 Å². The third kappa shape index (κ3) is 8.02. The monoisotopic (exact) mass is 263 g/mol. The minimum Gasteiger partial charge on any atom is -0.207 e. The summed E-state index contributed by atoms with van der Waals surface area (Å²) in [5, 5.41) is 0. The topological polar surface area (TPSA) is 0 Å². The Morgan fingerprint density at radius 2 is 1.47 bits per heavy atom. The molecular formula is C18H28F. The van der Waals surface area contributed by atoms with Crippen molar-refractivity contribution in [1.82, 2.24) is 0 Å². The Morgan fingerprint density at radius 3 is 2.05 bits per heavy atom. The van der Waals surface area contributed by atoms with Crippen molar-refractivity contribution in [1.29, 1.82) is 0 Å². The van der Waals surface area contributed by atoms with E-state index in [0.29, 0.717) is 0 Å². The predicted molar refractivity (Wildman–Crippen MR) is 80.8 cm³/mol. The minimum absolute atomic E-state index is 0.0987. The number of hydrogen-bond acceptors (Lipinski definition) is 0. The first-order chi connectivity index (χ1) is 9.34. The lowest BCUT2D eigenvalue weighted by Crippen LogP contribution is -1.90. The van der Waals surface area contributed by atoms with Crippen LogP contribution in [0.1, 0.15) is 76.7 Å². The molecule has 0 aliphatic rings. The first-order valence-corrected chi connectivity index (χ1v) is 7.99. The van der Waals surface area contributed by atoms with Gasteiger partial charge in [0.15, 0.2) is 0 Å². The van der Waals surface area contributed by atoms with Gasteiger partial charge in [-0.3, -0.25) is 0 Å². The zero-order valence-electron chi connectivity index (χ0n) is 12.4. The van der Waals surface area contributed by atoms with Crippen LogP contribution in [0.2, 0.25) is 0 Å². The van der Waals surface area contributed by atoms with Gasteiger partial charge in [0.25, 0.3) is 0 Å². The number of aryl methyl sites for hydroxylation is 1. The molecular weight excluding hydrogens is 235 g/mol. The van der Waals surface area contributed by atoms with E-state index in [1.54, 1.807) is 6.07 Å². The second-order valence-electron chi connectivity index (χ2n) is 5.45. The number of hydrogen-bond donors (Lipinski definition) is 0. The van der Waals surface area contributed by atoms with E-state index in [1.165, 1.54) is 63.9 Å². The molecule has 1 rings (SSSR count). The normalized spacial score (nSPS) is 10.8. The molecule has 0 heterocycles. The molecule has 0 aliphatic carbocycles. The predicted octanol–water partition coefficient (Wildman–Crippen LogP) is 6.09. The molecule has 0 fully saturated rings. The van der Waals surface area contributed by atoms with Crippen molar-refractivity contribution in [3.8, 4) is 0 Å². The fourth-order valence-electron chi connectivity index (χ4n) is 2.45. The Labute approximate surface area is 118 Å². The van der Waals surface area contributed by atoms with Crippen LogP contribution in [0.15, 0.2) is 18.2 Å². The van der Waals surface area contributed by atoms with Crippen LogP contribution < -0.4 is 0 Å². The van der Waals surface area contributed by atoms with E-state index in [1.807, 2.05) is 6.07 Å². The molecule has 0 aromatic heterocycles. The van der Waals surface area contributed by atoms with Crippen LogP contribution in [-0.2, 0) is 6.42 Å². The van der Waals surface area contributed by atoms with Gasteiger partial charge in [-0.1, -0.05) is 76.8 Å². The van der Waals surface area contributed by atoms with E-state index >= 15 is 0 Å². The van der Waals surface area contributed by atoms with Crippen molar-refractivity contribution in [2.75, 3.05) is 0 Å². The molecule has 1 radical (unpaired) electrons. The van der Waals surface area contributed by atoms with Crippen LogP contribution in [-0.4, -0.2) is 0 Å². The molecule has 0 spiro atoms. The molecule has 0 unspecified atom stereocenters. The Balaban J connectivity index is 1.90. The Morgan fingerprint density at radius 1 is 0.895 bits per heavy atom. The Bertz CT molecular complexity index is 319. The molecule has 0 atom stereocenters. The molecule has 19 heavy (non-hydrogen) atoms. The van der Waals surface area contributed by atoms with E-state index in [9.17, 15) is 4.39 Å². The van der Waals surface area contributed by atoms with Crippen molar-refractivity contribution in [3.05, 3.63) is 35.6 Å². The highest BCUT2D eigenvalue weighted by Crippen LogP contribution is 2.13. The largest absolute Gasteiger partial charge is 0.207 e. The number of halogens is 1. The summed E-state index contributed by atoms with van der Waals surface area (Å²) in [6.07, 6.45) is 14.1. The smallest absolute Gasteiger partial charge is 0.127 e. The molecule has 107 valence electrons. The van der Waals surface area contributed by atoms with Crippen LogP contribution in [0.5, 0.6) is 0 Å². The van der Waals surface area contributed by atoms with Crippen LogP contribution in [0.25, 0.3) is 0 Å². The van der Waals surface area contributed by atoms with Crippen LogP contribution in [0.4, 0.5) is 4.39 Å². The SMILES string of the molecule is CCCCCCCCCCCCc1cc[c]cc1F. The molecule has 0 saturated carbocycles. The quantitative estimate of drug-likeness (QED) is 0.424. The van der Waals surface area contributed by atoms with Gasteiger partial charge in [-0.15, -0.1) is 0 Å². The summed E-state index contributed by atoms with van der Waals surface area (Å²) in [6, 6.07) is 7.85. The van der Waals surface area contributed by atoms with Crippen molar-refractivity contribution in [2.45, 2.75) is 77.6 Å². The average Bonchev–Trinajstić information content (AvgIpc) is 2.43. The van der Waals surface area contributed by atoms with Gasteiger partial charge < -0.3 is 0 Å². The van der Waals surface area contributed by atoms with Gasteiger partial charge in [0.05, 0.1) is 0 Å². The second-order valence-corrected chi connectivity index (χ2v) is 5.45. The first-order valence-electron chi connectivity index (χ1n) is 7.99. The molecule has 1 aromatic rings. The average molecular weight is 263 g/mol. The zero-order chi connectivity index (χ0) is 13.8. The van der Waals surface area contributed by atoms with Gasteiger partial charge in [0.1, 0.15) is 5.82 Å². The first kappa shape index (κ1) is 16.2. The highest BCUT2D eigenvalue weighted by molar-refractivity contribution is 5.16. The minimum atomic E-state index is -0.0987. The lowest BCUT2D eigenvalue weighted by Gasteiger charge is -2.03. The third-order valence-corrected chi connectivity index (χ3v) is 3.70. The summed E-state index contributed by atoms with van der Waals surface area (Å²) in [7, 11) is 0. The summed E-state index contributed by atoms with van der Waals surface area (Å²) in [5.41, 5.74) is 0.846. The standard InChI is InChI=1S/C18H28F/c1-2-3-4-5-6-7-8-9-10-11-14-17-15-12-13-16-18(17)19/h12,15-16H,2-11,14H2,1H3. The molecule has 0 amide bonds. The van der Waals surface area contributed by atoms with E-state index in [0.717, 1.165) is 18.4 Å². The summed E-state index contributed by atoms with van der Waals surface area (Å²) in [4.78, 5) is 0. The van der Waals surface area contributed by atoms with Gasteiger partial charge in [-0.05, 0) is 30.5 Å². The van der Waals surface area contributed by atoms with E-state index < -0.39 is 0 Å². The molecule has 0 N–H and O–H groups in total. The van der Waals surface area contributed by atoms with E-state index in [4.69, 9.17) is 0 Å². The van der Waals surface area contributed by atoms with Crippen molar-refractivity contribution in [2.24, 2.45) is 0 Å². The van der Waals surface area contributed by atoms with Crippen LogP contribution >= 0.6 is 0 Å². The van der Waals surface area contributed by atoms with Crippen molar-refractivity contribution < 1.29 is 4.39 Å². The van der Waals surface area contributed by atoms with E-state index in [2.05, 4.69) is 13.0 Å². The fourth-order valence-corrected chi connectivity index (χ4v) is 2.45. The molecule has 0 saturated heterocycles. The van der Waals surface area contributed by atoms with Crippen molar-refractivity contribution in [3.63, 3.8) is 0 Å². The lowest BCUT2D eigenvalue weighted by molar-refractivity contribution is 0.551. The second kappa shape index (κ2) is 11.0. The molecule has 0 nitrogen and oxygen atoms in total. The highest BCUT2D eigenvalue weighted by Gasteiger charge is 2.00. The van der Waals surface area contributed by atoms with Crippen LogP contribution in [0.3, 0.4) is 0 Å². The number of benzene rings is 1. The Kier molecular flexibility index (Phi) is 9.40. The third-order valence-electron chi connectivity index (χ3n) is 3.70. The van der Waals surface area contributed by atoms with E-state index in [-0.39, 0.29) is 5.82 Å². The Hall–Kier alpha value is -0.850.